The molecule has 1 aromatic carbocycles. The highest BCUT2D eigenvalue weighted by Gasteiger charge is 2.35. The number of benzene rings is 1. The van der Waals surface area contributed by atoms with Crippen molar-refractivity contribution in [3.05, 3.63) is 68.7 Å². The molecule has 0 spiro atoms. The highest BCUT2D eigenvalue weighted by Crippen LogP contribution is 2.25. The summed E-state index contributed by atoms with van der Waals surface area (Å²) < 4.78 is 5.29. The van der Waals surface area contributed by atoms with Gasteiger partial charge in [0.15, 0.2) is 5.69 Å². The third-order valence-corrected chi connectivity index (χ3v) is 11.6. The quantitative estimate of drug-likeness (QED) is 0.0430. The number of aliphatic hydroxyl groups is 1. The highest BCUT2D eigenvalue weighted by molar-refractivity contribution is 7.08. The third-order valence-electron chi connectivity index (χ3n) is 10.5. The molecule has 2 heterocycles. The van der Waals surface area contributed by atoms with Crippen molar-refractivity contribution in [2.75, 3.05) is 32.8 Å². The maximum absolute atomic E-state index is 14.4. The largest absolute Gasteiger partial charge is 0.506 e. The van der Waals surface area contributed by atoms with Gasteiger partial charge in [0.25, 0.3) is 5.91 Å². The van der Waals surface area contributed by atoms with Crippen molar-refractivity contribution in [2.24, 2.45) is 5.92 Å². The minimum atomic E-state index is -1.35. The van der Waals surface area contributed by atoms with Crippen LogP contribution in [0, 0.1) is 18.3 Å². The van der Waals surface area contributed by atoms with Gasteiger partial charge in [-0.25, -0.2) is 0 Å². The van der Waals surface area contributed by atoms with Crippen molar-refractivity contribution in [2.45, 2.75) is 110 Å². The predicted molar refractivity (Wildman–Crippen MR) is 240 cm³/mol. The number of carbonyl (C=O) groups is 6. The summed E-state index contributed by atoms with van der Waals surface area (Å²) in [6.45, 7) is 13.0. The lowest BCUT2D eigenvalue weighted by atomic mass is 9.96. The number of hydrogen-bond acceptors (Lipinski definition) is 12. The topological polar surface area (TPSA) is 244 Å². The number of phenols is 1. The summed E-state index contributed by atoms with van der Waals surface area (Å²) in [7, 11) is 0. The second kappa shape index (κ2) is 26.2. The first kappa shape index (κ1) is 51.9. The zero-order valence-corrected chi connectivity index (χ0v) is 38.2. The highest BCUT2D eigenvalue weighted by atomic mass is 35.5. The van der Waals surface area contributed by atoms with Crippen molar-refractivity contribution < 1.29 is 43.5 Å². The van der Waals surface area contributed by atoms with E-state index >= 15 is 0 Å². The second-order valence-electron chi connectivity index (χ2n) is 15.4. The molecule has 2 aromatic heterocycles. The van der Waals surface area contributed by atoms with Gasteiger partial charge in [-0.1, -0.05) is 76.7 Å². The van der Waals surface area contributed by atoms with Crippen LogP contribution >= 0.6 is 22.9 Å². The number of nitrogens with one attached hydrogen (secondary N) is 6. The van der Waals surface area contributed by atoms with E-state index in [0.29, 0.717) is 36.1 Å². The molecule has 0 aliphatic carbocycles. The monoisotopic (exact) mass is 912 g/mol. The lowest BCUT2D eigenvalue weighted by Crippen LogP contribution is -2.59. The van der Waals surface area contributed by atoms with Crippen molar-refractivity contribution >= 4 is 58.4 Å². The Hall–Kier alpha value is -5.48. The Morgan fingerprint density at radius 3 is 2.16 bits per heavy atom. The van der Waals surface area contributed by atoms with Crippen LogP contribution in [0.3, 0.4) is 0 Å². The van der Waals surface area contributed by atoms with Gasteiger partial charge in [0, 0.05) is 18.4 Å². The lowest BCUT2D eigenvalue weighted by Gasteiger charge is -2.29. The van der Waals surface area contributed by atoms with Crippen LogP contribution in [0.15, 0.2) is 45.6 Å². The first-order valence-electron chi connectivity index (χ1n) is 21.1. The zero-order valence-electron chi connectivity index (χ0n) is 36.7. The molecule has 6 atom stereocenters. The molecular formula is C44H61ClN8O9S. The Morgan fingerprint density at radius 1 is 0.873 bits per heavy atom. The maximum Gasteiger partial charge on any atom is 0.274 e. The van der Waals surface area contributed by atoms with Crippen LogP contribution in [0.2, 0.25) is 5.02 Å². The summed E-state index contributed by atoms with van der Waals surface area (Å²) in [5.41, 5.74) is 0.815. The van der Waals surface area contributed by atoms with E-state index in [1.54, 1.807) is 23.8 Å². The van der Waals surface area contributed by atoms with Gasteiger partial charge in [-0.15, -0.1) is 6.42 Å². The van der Waals surface area contributed by atoms with Crippen LogP contribution in [-0.4, -0.2) is 113 Å². The number of amides is 6. The maximum atomic E-state index is 14.4. The summed E-state index contributed by atoms with van der Waals surface area (Å²) >= 11 is 7.45. The van der Waals surface area contributed by atoms with Crippen LogP contribution in [-0.2, 0) is 30.4 Å². The summed E-state index contributed by atoms with van der Waals surface area (Å²) in [4.78, 5) is 84.8. The lowest BCUT2D eigenvalue weighted by molar-refractivity contribution is -0.136. The van der Waals surface area contributed by atoms with Crippen LogP contribution in [0.25, 0.3) is 0 Å². The standard InChI is InChI=1S/C44H61ClN8O9S/c1-8-18-46-39(56)34(24-54)49-40(57)31(14-12-13-19-53(10-3)11-4)47-43(60)37(27(7)9-2)50-44(61)38(29-17-20-63-25-29)51-41(58)32(22-28-15-16-35(55)30(45)21-28)48-42(59)33-23-36(26(5)6)62-52-33/h1,15-17,20-21,23,25-27,31-32,34,37-38,54-55H,9-14,18-19,22,24H2,2-7H3,(H,46,56)(H,47,60)(H,48,59)(H,49,57)(H,50,61)(H,51,58)/t27-,31-,32?,34-,37?,38-/m0/s1. The van der Waals surface area contributed by atoms with E-state index in [4.69, 9.17) is 22.5 Å². The first-order chi connectivity index (χ1) is 30.1. The molecule has 3 rings (SSSR count). The number of hydrogen-bond donors (Lipinski definition) is 8. The molecule has 2 unspecified atom stereocenters. The van der Waals surface area contributed by atoms with Crippen LogP contribution in [0.5, 0.6) is 5.75 Å². The minimum Gasteiger partial charge on any atom is -0.506 e. The van der Waals surface area contributed by atoms with Crippen molar-refractivity contribution in [3.8, 4) is 18.1 Å². The van der Waals surface area contributed by atoms with Crippen LogP contribution < -0.4 is 31.9 Å². The number of halogens is 1. The van der Waals surface area contributed by atoms with E-state index in [1.165, 1.54) is 35.6 Å². The number of nitrogens with zero attached hydrogens (tertiary/aromatic N) is 2. The molecule has 0 aliphatic heterocycles. The van der Waals surface area contributed by atoms with Gasteiger partial charge < -0.3 is 51.5 Å². The summed E-state index contributed by atoms with van der Waals surface area (Å²) in [6, 6.07) is 1.11. The van der Waals surface area contributed by atoms with E-state index in [2.05, 4.69) is 47.9 Å². The summed E-state index contributed by atoms with van der Waals surface area (Å²) in [5, 5.41) is 43.1. The van der Waals surface area contributed by atoms with Crippen molar-refractivity contribution in [1.29, 1.82) is 0 Å². The number of terminal acetylenes is 1. The van der Waals surface area contributed by atoms with E-state index in [-0.39, 0.29) is 41.8 Å². The Labute approximate surface area is 377 Å². The minimum absolute atomic E-state index is 0.0269. The molecule has 0 radical (unpaired) electrons. The van der Waals surface area contributed by atoms with Gasteiger partial charge in [-0.2, -0.15) is 11.3 Å². The Balaban J connectivity index is 1.91. The second-order valence-corrected chi connectivity index (χ2v) is 16.6. The predicted octanol–water partition coefficient (Wildman–Crippen LogP) is 3.17. The molecule has 0 bridgehead atoms. The Kier molecular flexibility index (Phi) is 21.6. The molecule has 0 saturated carbocycles. The normalized spacial score (nSPS) is 14.0. The van der Waals surface area contributed by atoms with Gasteiger partial charge >= 0.3 is 0 Å². The molecule has 0 saturated heterocycles. The van der Waals surface area contributed by atoms with Crippen LogP contribution in [0.1, 0.15) is 107 Å². The average molecular weight is 914 g/mol. The van der Waals surface area contributed by atoms with Gasteiger partial charge in [0.2, 0.25) is 29.5 Å². The fraction of sp³-hybridized carbons (Fsp3) is 0.523. The molecule has 6 amide bonds. The Morgan fingerprint density at radius 2 is 1.57 bits per heavy atom. The molecule has 344 valence electrons. The van der Waals surface area contributed by atoms with Crippen molar-refractivity contribution in [1.82, 2.24) is 42.0 Å². The fourth-order valence-electron chi connectivity index (χ4n) is 6.43. The van der Waals surface area contributed by atoms with Gasteiger partial charge in [-0.05, 0) is 84.9 Å². The molecular weight excluding hydrogens is 852 g/mol. The number of rotatable bonds is 26. The number of aliphatic hydroxyl groups excluding tert-OH is 1. The number of phenolic OH excluding ortho intramolecular Hbond substituents is 1. The Bertz CT molecular complexity index is 2020. The molecule has 17 nitrogen and oxygen atoms in total. The SMILES string of the molecule is C#CCNC(=O)[C@H](CO)NC(=O)[C@H](CCCCN(CC)CC)NC(=O)C(NC(=O)[C@@H](NC(=O)C(Cc1ccc(O)c(Cl)c1)NC(=O)c1cc(C(C)C)on1)c1ccsc1)[C@@H](C)CC. The zero-order chi connectivity index (χ0) is 46.6. The molecule has 0 fully saturated rings. The molecule has 0 aliphatic rings. The average Bonchev–Trinajstić information content (AvgIpc) is 4.00. The molecule has 19 heteroatoms. The molecule has 63 heavy (non-hydrogen) atoms. The number of thiophene rings is 1. The van der Waals surface area contributed by atoms with E-state index in [0.717, 1.165) is 19.6 Å². The fourth-order valence-corrected chi connectivity index (χ4v) is 7.31. The van der Waals surface area contributed by atoms with E-state index in [9.17, 15) is 39.0 Å². The third kappa shape index (κ3) is 16.0. The van der Waals surface area contributed by atoms with Gasteiger partial charge in [0.05, 0.1) is 18.2 Å². The number of aromatic nitrogens is 1. The van der Waals surface area contributed by atoms with Gasteiger partial charge in [0.1, 0.15) is 41.7 Å². The number of carbonyl (C=O) groups excluding carboxylic acids is 6. The van der Waals surface area contributed by atoms with E-state index < -0.39 is 78.2 Å². The molecule has 8 N–H and O–H groups in total. The van der Waals surface area contributed by atoms with Crippen molar-refractivity contribution in [3.63, 3.8) is 0 Å². The van der Waals surface area contributed by atoms with Gasteiger partial charge in [-0.3, -0.25) is 28.8 Å². The van der Waals surface area contributed by atoms with Crippen LogP contribution in [0.4, 0.5) is 0 Å². The summed E-state index contributed by atoms with van der Waals surface area (Å²) in [5.74, 6) is -2.31. The first-order valence-corrected chi connectivity index (χ1v) is 22.4. The van der Waals surface area contributed by atoms with E-state index in [1.807, 2.05) is 34.6 Å². The molecule has 3 aromatic rings. The summed E-state index contributed by atoms with van der Waals surface area (Å²) in [6.07, 6.45) is 6.99. The number of unbranched alkanes of at least 4 members (excludes halogenated alkanes) is 1. The smallest absolute Gasteiger partial charge is 0.274 e. The number of aromatic hydroxyl groups is 1.